The molecule has 2 atom stereocenters. The van der Waals surface area contributed by atoms with E-state index in [4.69, 9.17) is 9.47 Å². The summed E-state index contributed by atoms with van der Waals surface area (Å²) in [7, 11) is 0. The van der Waals surface area contributed by atoms with E-state index in [-0.39, 0.29) is 0 Å². The number of rotatable bonds is 5. The van der Waals surface area contributed by atoms with Gasteiger partial charge in [0, 0.05) is 25.3 Å². The van der Waals surface area contributed by atoms with Crippen LogP contribution in [-0.2, 0) is 0 Å². The highest BCUT2D eigenvalue weighted by molar-refractivity contribution is 5.79. The molecule has 0 radical (unpaired) electrons. The monoisotopic (exact) mass is 432 g/mol. The molecule has 1 aliphatic carbocycles. The van der Waals surface area contributed by atoms with Crippen molar-refractivity contribution < 1.29 is 14.6 Å². The summed E-state index contributed by atoms with van der Waals surface area (Å²) >= 11 is 0. The summed E-state index contributed by atoms with van der Waals surface area (Å²) in [5.41, 5.74) is 3.73. The molecule has 2 aromatic carbocycles. The largest absolute Gasteiger partial charge is 0.486 e. The van der Waals surface area contributed by atoms with Gasteiger partial charge in [-0.3, -0.25) is 0 Å². The second-order valence-electron chi connectivity index (χ2n) is 9.45. The molecule has 0 amide bonds. The standard InChI is InChI=1S/C27H32N2O3/c28-18-24-23(22-6-7-26-27(17-22)32-15-14-31-26)2-1-3-25(24)29-11-8-20(9-12-29)21-5-4-19(16-21)10-13-30/h1-3,6-7,17,19-21,30H,4-5,8-16H2. The van der Waals surface area contributed by atoms with Crippen LogP contribution in [0.5, 0.6) is 11.5 Å². The molecule has 2 unspecified atom stereocenters. The molecule has 2 heterocycles. The SMILES string of the molecule is N#Cc1c(-c2ccc3c(c2)OCCO3)cccc1N1CCC(C2CCC(CCO)C2)CC1. The van der Waals surface area contributed by atoms with Crippen molar-refractivity contribution in [1.29, 1.82) is 5.26 Å². The topological polar surface area (TPSA) is 65.7 Å². The van der Waals surface area contributed by atoms with Crippen LogP contribution in [0.2, 0.25) is 0 Å². The Morgan fingerprint density at radius 2 is 1.78 bits per heavy atom. The van der Waals surface area contributed by atoms with Gasteiger partial charge < -0.3 is 19.5 Å². The first-order chi connectivity index (χ1) is 15.8. The molecule has 2 aliphatic heterocycles. The zero-order chi connectivity index (χ0) is 21.9. The molecule has 5 nitrogen and oxygen atoms in total. The van der Waals surface area contributed by atoms with Crippen LogP contribution in [0.3, 0.4) is 0 Å². The Morgan fingerprint density at radius 3 is 2.56 bits per heavy atom. The fourth-order valence-electron chi connectivity index (χ4n) is 5.97. The number of aliphatic hydroxyl groups is 1. The van der Waals surface area contributed by atoms with Crippen LogP contribution < -0.4 is 14.4 Å². The number of benzene rings is 2. The third-order valence-electron chi connectivity index (χ3n) is 7.67. The quantitative estimate of drug-likeness (QED) is 0.719. The normalized spacial score (nSPS) is 23.2. The highest BCUT2D eigenvalue weighted by atomic mass is 16.6. The predicted molar refractivity (Wildman–Crippen MR) is 125 cm³/mol. The van der Waals surface area contributed by atoms with Crippen molar-refractivity contribution >= 4 is 5.69 Å². The number of anilines is 1. The Labute approximate surface area is 190 Å². The summed E-state index contributed by atoms with van der Waals surface area (Å²) < 4.78 is 11.4. The van der Waals surface area contributed by atoms with Gasteiger partial charge in [-0.05, 0) is 73.6 Å². The van der Waals surface area contributed by atoms with Gasteiger partial charge in [0.05, 0.1) is 11.3 Å². The van der Waals surface area contributed by atoms with Gasteiger partial charge in [0.1, 0.15) is 19.3 Å². The van der Waals surface area contributed by atoms with Gasteiger partial charge in [0.25, 0.3) is 0 Å². The number of ether oxygens (including phenoxy) is 2. The number of fused-ring (bicyclic) bond motifs is 1. The van der Waals surface area contributed by atoms with Crippen LogP contribution in [-0.4, -0.2) is 38.0 Å². The van der Waals surface area contributed by atoms with Crippen LogP contribution in [0, 0.1) is 29.1 Å². The molecule has 32 heavy (non-hydrogen) atoms. The van der Waals surface area contributed by atoms with Crippen molar-refractivity contribution in [3.05, 3.63) is 42.0 Å². The Kier molecular flexibility index (Phi) is 6.23. The number of hydrogen-bond donors (Lipinski definition) is 1. The molecular formula is C27H32N2O3. The molecule has 2 aromatic rings. The summed E-state index contributed by atoms with van der Waals surface area (Å²) in [6, 6.07) is 14.6. The van der Waals surface area contributed by atoms with E-state index >= 15 is 0 Å². The highest BCUT2D eigenvalue weighted by Gasteiger charge is 2.33. The Hall–Kier alpha value is -2.71. The van der Waals surface area contributed by atoms with E-state index in [0.29, 0.717) is 19.8 Å². The van der Waals surface area contributed by atoms with Gasteiger partial charge in [-0.2, -0.15) is 5.26 Å². The molecule has 1 saturated heterocycles. The Bertz CT molecular complexity index is 991. The van der Waals surface area contributed by atoms with Crippen molar-refractivity contribution in [3.63, 3.8) is 0 Å². The lowest BCUT2D eigenvalue weighted by Gasteiger charge is -2.37. The summed E-state index contributed by atoms with van der Waals surface area (Å²) in [6.07, 6.45) is 7.23. The van der Waals surface area contributed by atoms with Gasteiger partial charge >= 0.3 is 0 Å². The minimum Gasteiger partial charge on any atom is -0.486 e. The van der Waals surface area contributed by atoms with E-state index in [1.807, 2.05) is 24.3 Å². The maximum atomic E-state index is 10.1. The van der Waals surface area contributed by atoms with Gasteiger partial charge in [0.2, 0.25) is 0 Å². The van der Waals surface area contributed by atoms with E-state index in [1.165, 1.54) is 32.1 Å². The molecular weight excluding hydrogens is 400 g/mol. The third kappa shape index (κ3) is 4.17. The lowest BCUT2D eigenvalue weighted by Crippen LogP contribution is -2.36. The maximum absolute atomic E-state index is 10.1. The van der Waals surface area contributed by atoms with Crippen molar-refractivity contribution in [2.24, 2.45) is 17.8 Å². The smallest absolute Gasteiger partial charge is 0.161 e. The van der Waals surface area contributed by atoms with E-state index < -0.39 is 0 Å². The molecule has 5 rings (SSSR count). The van der Waals surface area contributed by atoms with Crippen LogP contribution in [0.1, 0.15) is 44.1 Å². The summed E-state index contributed by atoms with van der Waals surface area (Å²) in [4.78, 5) is 2.40. The molecule has 2 fully saturated rings. The lowest BCUT2D eigenvalue weighted by atomic mass is 9.82. The first-order valence-electron chi connectivity index (χ1n) is 12.1. The molecule has 3 aliphatic rings. The minimum atomic E-state index is 0.326. The first kappa shape index (κ1) is 21.2. The van der Waals surface area contributed by atoms with Gasteiger partial charge in [-0.1, -0.05) is 24.6 Å². The fraction of sp³-hybridized carbons (Fsp3) is 0.519. The fourth-order valence-corrected chi connectivity index (χ4v) is 5.97. The molecule has 1 N–H and O–H groups in total. The number of hydrogen-bond acceptors (Lipinski definition) is 5. The zero-order valence-electron chi connectivity index (χ0n) is 18.6. The highest BCUT2D eigenvalue weighted by Crippen LogP contribution is 2.43. The molecule has 0 aromatic heterocycles. The number of piperidine rings is 1. The second-order valence-corrected chi connectivity index (χ2v) is 9.45. The van der Waals surface area contributed by atoms with E-state index in [1.54, 1.807) is 0 Å². The maximum Gasteiger partial charge on any atom is 0.161 e. The van der Waals surface area contributed by atoms with Gasteiger partial charge in [-0.15, -0.1) is 0 Å². The van der Waals surface area contributed by atoms with Crippen molar-refractivity contribution in [2.75, 3.05) is 37.8 Å². The molecule has 0 spiro atoms. The Morgan fingerprint density at radius 1 is 0.969 bits per heavy atom. The van der Waals surface area contributed by atoms with Gasteiger partial charge in [-0.25, -0.2) is 0 Å². The zero-order valence-corrected chi connectivity index (χ0v) is 18.6. The number of aliphatic hydroxyl groups excluding tert-OH is 1. The molecule has 1 saturated carbocycles. The molecule has 0 bridgehead atoms. The van der Waals surface area contributed by atoms with Crippen LogP contribution in [0.4, 0.5) is 5.69 Å². The van der Waals surface area contributed by atoms with Crippen molar-refractivity contribution in [2.45, 2.75) is 38.5 Å². The van der Waals surface area contributed by atoms with Crippen LogP contribution in [0.25, 0.3) is 11.1 Å². The van der Waals surface area contributed by atoms with E-state index in [9.17, 15) is 10.4 Å². The predicted octanol–water partition coefficient (Wildman–Crippen LogP) is 5.01. The molecule has 168 valence electrons. The second kappa shape index (κ2) is 9.42. The van der Waals surface area contributed by atoms with Crippen LogP contribution >= 0.6 is 0 Å². The molecule has 5 heteroatoms. The summed E-state index contributed by atoms with van der Waals surface area (Å²) in [5.74, 6) is 3.83. The summed E-state index contributed by atoms with van der Waals surface area (Å²) in [6.45, 7) is 3.46. The van der Waals surface area contributed by atoms with Gasteiger partial charge in [0.15, 0.2) is 11.5 Å². The third-order valence-corrected chi connectivity index (χ3v) is 7.67. The number of nitrogens with zero attached hydrogens (tertiary/aromatic N) is 2. The minimum absolute atomic E-state index is 0.326. The van der Waals surface area contributed by atoms with Crippen LogP contribution in [0.15, 0.2) is 36.4 Å². The Balaban J connectivity index is 1.32. The lowest BCUT2D eigenvalue weighted by molar-refractivity contribution is 0.171. The average Bonchev–Trinajstić information content (AvgIpc) is 3.32. The van der Waals surface area contributed by atoms with Crippen molar-refractivity contribution in [1.82, 2.24) is 0 Å². The summed E-state index contributed by atoms with van der Waals surface area (Å²) in [5, 5.41) is 19.3. The van der Waals surface area contributed by atoms with Crippen molar-refractivity contribution in [3.8, 4) is 28.7 Å². The average molecular weight is 433 g/mol. The van der Waals surface area contributed by atoms with E-state index in [2.05, 4.69) is 23.1 Å². The first-order valence-corrected chi connectivity index (χ1v) is 12.1. The number of nitriles is 1. The van der Waals surface area contributed by atoms with E-state index in [0.717, 1.165) is 71.1 Å².